The zero-order chi connectivity index (χ0) is 13.0. The Morgan fingerprint density at radius 1 is 1.67 bits per heavy atom. The summed E-state index contributed by atoms with van der Waals surface area (Å²) in [6.45, 7) is 3.15. The van der Waals surface area contributed by atoms with Gasteiger partial charge in [-0.3, -0.25) is 4.79 Å². The van der Waals surface area contributed by atoms with Gasteiger partial charge >= 0.3 is 0 Å². The quantitative estimate of drug-likeness (QED) is 0.749. The van der Waals surface area contributed by atoms with E-state index in [-0.39, 0.29) is 18.5 Å². The highest BCUT2D eigenvalue weighted by Gasteiger charge is 2.27. The maximum Gasteiger partial charge on any atom is 0.273 e. The summed E-state index contributed by atoms with van der Waals surface area (Å²) in [6.07, 6.45) is 3.74. The van der Waals surface area contributed by atoms with Crippen molar-refractivity contribution in [3.05, 3.63) is 29.6 Å². The summed E-state index contributed by atoms with van der Waals surface area (Å²) in [5, 5.41) is 0. The fourth-order valence-electron chi connectivity index (χ4n) is 2.19. The van der Waals surface area contributed by atoms with E-state index in [0.717, 1.165) is 19.4 Å². The number of likely N-dealkylation sites (tertiary alicyclic amines) is 1. The molecule has 1 aliphatic rings. The fraction of sp³-hybridized carbons (Fsp3) is 0.429. The Balaban J connectivity index is 2.30. The summed E-state index contributed by atoms with van der Waals surface area (Å²) >= 11 is 0. The molecule has 1 atom stereocenters. The van der Waals surface area contributed by atoms with Crippen molar-refractivity contribution < 1.29 is 4.79 Å². The number of nitrogens with zero attached hydrogens (tertiary/aromatic N) is 2. The SMILES string of the molecule is CC1CCCN1C(=O)c1ncccc1C#CCN. The molecule has 0 saturated carbocycles. The molecule has 1 unspecified atom stereocenters. The van der Waals surface area contributed by atoms with Gasteiger partial charge in [0.2, 0.25) is 0 Å². The zero-order valence-corrected chi connectivity index (χ0v) is 10.5. The summed E-state index contributed by atoms with van der Waals surface area (Å²) in [5.41, 5.74) is 6.45. The summed E-state index contributed by atoms with van der Waals surface area (Å²) in [5.74, 6) is 5.65. The molecule has 1 aromatic heterocycles. The van der Waals surface area contributed by atoms with E-state index in [9.17, 15) is 4.79 Å². The van der Waals surface area contributed by atoms with Gasteiger partial charge in [0.1, 0.15) is 5.69 Å². The molecule has 2 rings (SSSR count). The Labute approximate surface area is 107 Å². The molecular weight excluding hydrogens is 226 g/mol. The monoisotopic (exact) mass is 243 g/mol. The average Bonchev–Trinajstić information content (AvgIpc) is 2.82. The van der Waals surface area contributed by atoms with Crippen LogP contribution in [-0.2, 0) is 0 Å². The molecule has 0 spiro atoms. The van der Waals surface area contributed by atoms with E-state index in [1.165, 1.54) is 0 Å². The normalized spacial score (nSPS) is 18.3. The van der Waals surface area contributed by atoms with Gasteiger partial charge in [0.05, 0.1) is 12.1 Å². The van der Waals surface area contributed by atoms with Crippen molar-refractivity contribution >= 4 is 5.91 Å². The molecule has 94 valence electrons. The van der Waals surface area contributed by atoms with Crippen molar-refractivity contribution in [3.8, 4) is 11.8 Å². The Bertz CT molecular complexity index is 501. The molecule has 1 aromatic rings. The first kappa shape index (κ1) is 12.6. The third kappa shape index (κ3) is 2.52. The predicted octanol–water partition coefficient (Wildman–Crippen LogP) is 1.02. The zero-order valence-electron chi connectivity index (χ0n) is 10.5. The van der Waals surface area contributed by atoms with Gasteiger partial charge in [-0.1, -0.05) is 11.8 Å². The van der Waals surface area contributed by atoms with E-state index in [0.29, 0.717) is 11.3 Å². The molecule has 0 bridgehead atoms. The van der Waals surface area contributed by atoms with Crippen LogP contribution in [-0.4, -0.2) is 34.9 Å². The molecule has 4 nitrogen and oxygen atoms in total. The molecule has 0 aliphatic carbocycles. The van der Waals surface area contributed by atoms with Gasteiger partial charge in [-0.05, 0) is 31.9 Å². The number of hydrogen-bond acceptors (Lipinski definition) is 3. The smallest absolute Gasteiger partial charge is 0.273 e. The lowest BCUT2D eigenvalue weighted by molar-refractivity contribution is 0.0741. The Morgan fingerprint density at radius 2 is 2.50 bits per heavy atom. The maximum atomic E-state index is 12.4. The van der Waals surface area contributed by atoms with E-state index in [2.05, 4.69) is 23.7 Å². The van der Waals surface area contributed by atoms with Crippen molar-refractivity contribution in [1.29, 1.82) is 0 Å². The first-order chi connectivity index (χ1) is 8.74. The number of hydrogen-bond donors (Lipinski definition) is 1. The van der Waals surface area contributed by atoms with Crippen molar-refractivity contribution in [3.63, 3.8) is 0 Å². The number of aromatic nitrogens is 1. The minimum atomic E-state index is -0.0260. The predicted molar refractivity (Wildman–Crippen MR) is 69.9 cm³/mol. The topological polar surface area (TPSA) is 59.2 Å². The molecule has 1 amide bonds. The fourth-order valence-corrected chi connectivity index (χ4v) is 2.19. The van der Waals surface area contributed by atoms with E-state index >= 15 is 0 Å². The van der Waals surface area contributed by atoms with Crippen LogP contribution in [0.2, 0.25) is 0 Å². The second-order valence-electron chi connectivity index (χ2n) is 4.40. The lowest BCUT2D eigenvalue weighted by Gasteiger charge is -2.21. The highest BCUT2D eigenvalue weighted by atomic mass is 16.2. The molecular formula is C14H17N3O. The highest BCUT2D eigenvalue weighted by molar-refractivity contribution is 5.95. The van der Waals surface area contributed by atoms with Crippen LogP contribution in [0, 0.1) is 11.8 Å². The molecule has 4 heteroatoms. The van der Waals surface area contributed by atoms with Crippen LogP contribution in [0.5, 0.6) is 0 Å². The minimum absolute atomic E-state index is 0.0260. The average molecular weight is 243 g/mol. The lowest BCUT2D eigenvalue weighted by Crippen LogP contribution is -2.34. The van der Waals surface area contributed by atoms with Gasteiger partial charge in [0.15, 0.2) is 0 Å². The van der Waals surface area contributed by atoms with Crippen LogP contribution >= 0.6 is 0 Å². The highest BCUT2D eigenvalue weighted by Crippen LogP contribution is 2.19. The number of nitrogens with two attached hydrogens (primary N) is 1. The molecule has 0 radical (unpaired) electrons. The molecule has 2 heterocycles. The largest absolute Gasteiger partial charge is 0.335 e. The summed E-state index contributed by atoms with van der Waals surface area (Å²) in [4.78, 5) is 18.5. The number of carbonyl (C=O) groups is 1. The molecule has 18 heavy (non-hydrogen) atoms. The Hall–Kier alpha value is -1.86. The van der Waals surface area contributed by atoms with Gasteiger partial charge in [-0.25, -0.2) is 4.98 Å². The number of carbonyl (C=O) groups excluding carboxylic acids is 1. The molecule has 1 saturated heterocycles. The second-order valence-corrected chi connectivity index (χ2v) is 4.40. The van der Waals surface area contributed by atoms with E-state index < -0.39 is 0 Å². The van der Waals surface area contributed by atoms with Crippen LogP contribution in [0.3, 0.4) is 0 Å². The van der Waals surface area contributed by atoms with Crippen molar-refractivity contribution in [2.75, 3.05) is 13.1 Å². The first-order valence-electron chi connectivity index (χ1n) is 6.19. The van der Waals surface area contributed by atoms with Crippen molar-refractivity contribution in [1.82, 2.24) is 9.88 Å². The summed E-state index contributed by atoms with van der Waals surface area (Å²) in [7, 11) is 0. The van der Waals surface area contributed by atoms with E-state index in [4.69, 9.17) is 5.73 Å². The second kappa shape index (κ2) is 5.65. The van der Waals surface area contributed by atoms with Crippen LogP contribution in [0.15, 0.2) is 18.3 Å². The Kier molecular flexibility index (Phi) is 3.96. The third-order valence-electron chi connectivity index (χ3n) is 3.15. The van der Waals surface area contributed by atoms with Crippen LogP contribution in [0.4, 0.5) is 0 Å². The number of pyridine rings is 1. The molecule has 0 aromatic carbocycles. The van der Waals surface area contributed by atoms with Gasteiger partial charge in [0.25, 0.3) is 5.91 Å². The maximum absolute atomic E-state index is 12.4. The number of amides is 1. The molecule has 2 N–H and O–H groups in total. The first-order valence-corrected chi connectivity index (χ1v) is 6.19. The Morgan fingerprint density at radius 3 is 3.17 bits per heavy atom. The van der Waals surface area contributed by atoms with Crippen molar-refractivity contribution in [2.24, 2.45) is 5.73 Å². The molecule has 1 aliphatic heterocycles. The van der Waals surface area contributed by atoms with Crippen LogP contribution in [0.25, 0.3) is 0 Å². The summed E-state index contributed by atoms with van der Waals surface area (Å²) < 4.78 is 0. The standard InChI is InChI=1S/C14H17N3O/c1-11-5-4-10-17(11)14(18)13-12(6-2-8-15)7-3-9-16-13/h3,7,9,11H,4-5,8,10,15H2,1H3. The van der Waals surface area contributed by atoms with Crippen LogP contribution in [0.1, 0.15) is 35.8 Å². The minimum Gasteiger partial charge on any atom is -0.335 e. The van der Waals surface area contributed by atoms with Crippen LogP contribution < -0.4 is 5.73 Å². The van der Waals surface area contributed by atoms with Gasteiger partial charge in [0, 0.05) is 18.8 Å². The van der Waals surface area contributed by atoms with Gasteiger partial charge < -0.3 is 10.6 Å². The molecule has 1 fully saturated rings. The third-order valence-corrected chi connectivity index (χ3v) is 3.15. The lowest BCUT2D eigenvalue weighted by atomic mass is 10.1. The van der Waals surface area contributed by atoms with E-state index in [1.807, 2.05) is 11.0 Å². The van der Waals surface area contributed by atoms with Gasteiger partial charge in [-0.2, -0.15) is 0 Å². The summed E-state index contributed by atoms with van der Waals surface area (Å²) in [6, 6.07) is 3.88. The van der Waals surface area contributed by atoms with Crippen molar-refractivity contribution in [2.45, 2.75) is 25.8 Å². The van der Waals surface area contributed by atoms with E-state index in [1.54, 1.807) is 12.3 Å². The van der Waals surface area contributed by atoms with Gasteiger partial charge in [-0.15, -0.1) is 0 Å². The number of rotatable bonds is 1.